The van der Waals surface area contributed by atoms with E-state index >= 15 is 0 Å². The van der Waals surface area contributed by atoms with Gasteiger partial charge in [-0.15, -0.1) is 0 Å². The SMILES string of the molecule is Fc1ccc(Nc2nc(F)c(F)cc2F)cc1Br. The van der Waals surface area contributed by atoms with Gasteiger partial charge in [0.15, 0.2) is 17.5 Å². The Balaban J connectivity index is 2.34. The molecule has 1 aromatic carbocycles. The molecule has 0 saturated carbocycles. The predicted molar refractivity (Wildman–Crippen MR) is 61.5 cm³/mol. The van der Waals surface area contributed by atoms with Crippen molar-refractivity contribution in [2.75, 3.05) is 5.32 Å². The van der Waals surface area contributed by atoms with Crippen molar-refractivity contribution in [3.05, 3.63) is 52.1 Å². The summed E-state index contributed by atoms with van der Waals surface area (Å²) in [7, 11) is 0. The van der Waals surface area contributed by atoms with Crippen molar-refractivity contribution in [2.45, 2.75) is 0 Å². The first-order valence-electron chi connectivity index (χ1n) is 4.71. The summed E-state index contributed by atoms with van der Waals surface area (Å²) in [6, 6.07) is 4.13. The Morgan fingerprint density at radius 2 is 1.67 bits per heavy atom. The highest BCUT2D eigenvalue weighted by molar-refractivity contribution is 9.10. The first-order valence-corrected chi connectivity index (χ1v) is 5.50. The quantitative estimate of drug-likeness (QED) is 0.664. The Morgan fingerprint density at radius 1 is 0.944 bits per heavy atom. The van der Waals surface area contributed by atoms with Crippen LogP contribution in [0.1, 0.15) is 0 Å². The predicted octanol–water partition coefficient (Wildman–Crippen LogP) is 4.14. The molecule has 0 saturated heterocycles. The summed E-state index contributed by atoms with van der Waals surface area (Å²) in [6.07, 6.45) is 0. The highest BCUT2D eigenvalue weighted by Gasteiger charge is 2.12. The number of rotatable bonds is 2. The highest BCUT2D eigenvalue weighted by Crippen LogP contribution is 2.24. The van der Waals surface area contributed by atoms with E-state index in [0.29, 0.717) is 6.07 Å². The van der Waals surface area contributed by atoms with Gasteiger partial charge in [-0.25, -0.2) is 13.2 Å². The number of pyridine rings is 1. The zero-order valence-corrected chi connectivity index (χ0v) is 10.2. The summed E-state index contributed by atoms with van der Waals surface area (Å²) in [5.74, 6) is -4.82. The minimum Gasteiger partial charge on any atom is -0.338 e. The standard InChI is InChI=1S/C11H5BrF4N2/c12-6-3-5(1-2-7(6)13)17-11-9(15)4-8(14)10(16)18-11/h1-4H,(H,17,18). The fraction of sp³-hybridized carbons (Fsp3) is 0. The van der Waals surface area contributed by atoms with Gasteiger partial charge < -0.3 is 5.32 Å². The Labute approximate surface area is 108 Å². The van der Waals surface area contributed by atoms with Gasteiger partial charge in [0, 0.05) is 11.8 Å². The molecule has 0 unspecified atom stereocenters. The largest absolute Gasteiger partial charge is 0.338 e. The normalized spacial score (nSPS) is 10.5. The zero-order chi connectivity index (χ0) is 13.3. The molecule has 1 heterocycles. The molecule has 0 aliphatic carbocycles. The van der Waals surface area contributed by atoms with Gasteiger partial charge >= 0.3 is 0 Å². The third-order valence-electron chi connectivity index (χ3n) is 2.07. The van der Waals surface area contributed by atoms with E-state index in [-0.39, 0.29) is 10.2 Å². The topological polar surface area (TPSA) is 24.9 Å². The van der Waals surface area contributed by atoms with Crippen LogP contribution in [0.5, 0.6) is 0 Å². The third kappa shape index (κ3) is 2.61. The van der Waals surface area contributed by atoms with E-state index in [1.54, 1.807) is 0 Å². The maximum atomic E-state index is 13.3. The monoisotopic (exact) mass is 320 g/mol. The number of halogens is 5. The lowest BCUT2D eigenvalue weighted by molar-refractivity contribution is 0.467. The van der Waals surface area contributed by atoms with Crippen LogP contribution in [0.15, 0.2) is 28.7 Å². The molecule has 2 aromatic rings. The van der Waals surface area contributed by atoms with Gasteiger partial charge in [0.2, 0.25) is 0 Å². The molecule has 0 atom stereocenters. The van der Waals surface area contributed by atoms with Gasteiger partial charge in [0.1, 0.15) is 5.82 Å². The summed E-state index contributed by atoms with van der Waals surface area (Å²) >= 11 is 2.94. The molecular weight excluding hydrogens is 316 g/mol. The molecule has 2 nitrogen and oxygen atoms in total. The summed E-state index contributed by atoms with van der Waals surface area (Å²) in [5.41, 5.74) is 0.278. The molecule has 0 aliphatic heterocycles. The van der Waals surface area contributed by atoms with Crippen LogP contribution < -0.4 is 5.32 Å². The number of hydrogen-bond acceptors (Lipinski definition) is 2. The van der Waals surface area contributed by atoms with Crippen molar-refractivity contribution in [3.63, 3.8) is 0 Å². The molecule has 94 valence electrons. The Morgan fingerprint density at radius 3 is 2.33 bits per heavy atom. The molecule has 0 aliphatic rings. The minimum absolute atomic E-state index is 0.149. The maximum Gasteiger partial charge on any atom is 0.251 e. The highest BCUT2D eigenvalue weighted by atomic mass is 79.9. The van der Waals surface area contributed by atoms with Crippen LogP contribution in [0.25, 0.3) is 0 Å². The minimum atomic E-state index is -1.42. The second-order valence-corrected chi connectivity index (χ2v) is 4.20. The van der Waals surface area contributed by atoms with E-state index in [9.17, 15) is 17.6 Å². The van der Waals surface area contributed by atoms with Gasteiger partial charge in [0.25, 0.3) is 5.95 Å². The van der Waals surface area contributed by atoms with E-state index in [1.807, 2.05) is 0 Å². The van der Waals surface area contributed by atoms with Crippen LogP contribution >= 0.6 is 15.9 Å². The van der Waals surface area contributed by atoms with Crippen molar-refractivity contribution in [3.8, 4) is 0 Å². The molecule has 0 amide bonds. The fourth-order valence-corrected chi connectivity index (χ4v) is 1.62. The number of hydrogen-bond donors (Lipinski definition) is 1. The molecule has 0 spiro atoms. The Kier molecular flexibility index (Phi) is 3.51. The Bertz CT molecular complexity index is 604. The van der Waals surface area contributed by atoms with Gasteiger partial charge in [-0.2, -0.15) is 9.37 Å². The summed E-state index contributed by atoms with van der Waals surface area (Å²) in [5, 5.41) is 2.42. The van der Waals surface area contributed by atoms with E-state index in [1.165, 1.54) is 12.1 Å². The van der Waals surface area contributed by atoms with Crippen molar-refractivity contribution in [1.29, 1.82) is 0 Å². The average Bonchev–Trinajstić information content (AvgIpc) is 2.31. The second kappa shape index (κ2) is 4.93. The van der Waals surface area contributed by atoms with Crippen LogP contribution in [0.4, 0.5) is 29.1 Å². The number of nitrogens with zero attached hydrogens (tertiary/aromatic N) is 1. The lowest BCUT2D eigenvalue weighted by Gasteiger charge is -2.07. The second-order valence-electron chi connectivity index (χ2n) is 3.35. The molecule has 0 fully saturated rings. The molecule has 7 heteroatoms. The van der Waals surface area contributed by atoms with E-state index in [0.717, 1.165) is 6.07 Å². The van der Waals surface area contributed by atoms with Gasteiger partial charge in [-0.1, -0.05) is 0 Å². The van der Waals surface area contributed by atoms with Crippen molar-refractivity contribution in [2.24, 2.45) is 0 Å². The average molecular weight is 321 g/mol. The molecule has 1 aromatic heterocycles. The lowest BCUT2D eigenvalue weighted by Crippen LogP contribution is -2.01. The number of benzene rings is 1. The third-order valence-corrected chi connectivity index (χ3v) is 2.68. The smallest absolute Gasteiger partial charge is 0.251 e. The van der Waals surface area contributed by atoms with Gasteiger partial charge in [-0.3, -0.25) is 0 Å². The van der Waals surface area contributed by atoms with Crippen molar-refractivity contribution >= 4 is 27.4 Å². The number of nitrogens with one attached hydrogen (secondary N) is 1. The van der Waals surface area contributed by atoms with Gasteiger partial charge in [0.05, 0.1) is 4.47 Å². The summed E-state index contributed by atoms with van der Waals surface area (Å²) in [6.45, 7) is 0. The molecule has 1 N–H and O–H groups in total. The summed E-state index contributed by atoms with van der Waals surface area (Å²) in [4.78, 5) is 3.08. The van der Waals surface area contributed by atoms with Crippen molar-refractivity contribution < 1.29 is 17.6 Å². The summed E-state index contributed by atoms with van der Waals surface area (Å²) < 4.78 is 51.9. The van der Waals surface area contributed by atoms with Crippen LogP contribution in [0, 0.1) is 23.4 Å². The maximum absolute atomic E-state index is 13.3. The molecule has 18 heavy (non-hydrogen) atoms. The fourth-order valence-electron chi connectivity index (χ4n) is 1.24. The molecule has 0 radical (unpaired) electrons. The first kappa shape index (κ1) is 12.8. The van der Waals surface area contributed by atoms with E-state index in [4.69, 9.17) is 0 Å². The lowest BCUT2D eigenvalue weighted by atomic mass is 10.3. The van der Waals surface area contributed by atoms with E-state index < -0.39 is 29.2 Å². The van der Waals surface area contributed by atoms with Crippen LogP contribution in [0.2, 0.25) is 0 Å². The molecular formula is C11H5BrF4N2. The van der Waals surface area contributed by atoms with Crippen LogP contribution in [0.3, 0.4) is 0 Å². The molecule has 0 bridgehead atoms. The van der Waals surface area contributed by atoms with Crippen LogP contribution in [-0.4, -0.2) is 4.98 Å². The van der Waals surface area contributed by atoms with Crippen molar-refractivity contribution in [1.82, 2.24) is 4.98 Å². The van der Waals surface area contributed by atoms with E-state index in [2.05, 4.69) is 26.2 Å². The number of anilines is 2. The first-order chi connectivity index (χ1) is 8.47. The molecule has 2 rings (SSSR count). The van der Waals surface area contributed by atoms with Crippen LogP contribution in [-0.2, 0) is 0 Å². The zero-order valence-electron chi connectivity index (χ0n) is 8.65. The Hall–Kier alpha value is -1.63. The van der Waals surface area contributed by atoms with Gasteiger partial charge in [-0.05, 0) is 34.1 Å². The number of aromatic nitrogens is 1.